The highest BCUT2D eigenvalue weighted by atomic mass is 32.1. The number of benzene rings is 2. The van der Waals surface area contributed by atoms with Crippen molar-refractivity contribution in [3.05, 3.63) is 54.3 Å². The van der Waals surface area contributed by atoms with Crippen LogP contribution in [0.25, 0.3) is 0 Å². The normalized spacial score (nSPS) is 10.0. The second-order valence-electron chi connectivity index (χ2n) is 4.87. The molecular formula is C17H16F2N2O3S. The minimum Gasteiger partial charge on any atom is -0.497 e. The first-order valence-electron chi connectivity index (χ1n) is 7.28. The van der Waals surface area contributed by atoms with E-state index in [1.807, 2.05) is 0 Å². The van der Waals surface area contributed by atoms with E-state index in [1.165, 1.54) is 18.2 Å². The first-order valence-corrected chi connectivity index (χ1v) is 7.69. The Morgan fingerprint density at radius 3 is 2.44 bits per heavy atom. The summed E-state index contributed by atoms with van der Waals surface area (Å²) in [6.07, 6.45) is 0. The molecule has 1 N–H and O–H groups in total. The van der Waals surface area contributed by atoms with Gasteiger partial charge in [0.2, 0.25) is 0 Å². The van der Waals surface area contributed by atoms with Crippen LogP contribution in [0, 0.1) is 5.82 Å². The van der Waals surface area contributed by atoms with Gasteiger partial charge in [0.15, 0.2) is 6.61 Å². The highest BCUT2D eigenvalue weighted by Crippen LogP contribution is 2.19. The molecule has 2 rings (SSSR count). The van der Waals surface area contributed by atoms with Crippen molar-refractivity contribution in [1.29, 1.82) is 0 Å². The number of carbonyl (C=O) groups excluding carboxylic acids is 1. The van der Waals surface area contributed by atoms with Gasteiger partial charge in [-0.25, -0.2) is 4.39 Å². The van der Waals surface area contributed by atoms with Crippen molar-refractivity contribution in [3.63, 3.8) is 0 Å². The van der Waals surface area contributed by atoms with Crippen molar-refractivity contribution in [3.8, 4) is 11.5 Å². The molecule has 0 atom stereocenters. The number of nitrogens with one attached hydrogen (secondary N) is 1. The molecule has 2 aromatic carbocycles. The zero-order chi connectivity index (χ0) is 18.2. The molecule has 0 aliphatic heterocycles. The molecule has 0 fully saturated rings. The van der Waals surface area contributed by atoms with E-state index < -0.39 is 11.7 Å². The molecule has 0 heterocycles. The van der Waals surface area contributed by atoms with Crippen LogP contribution in [-0.4, -0.2) is 31.2 Å². The molecule has 0 aliphatic carbocycles. The van der Waals surface area contributed by atoms with Gasteiger partial charge < -0.3 is 14.8 Å². The molecule has 0 aromatic heterocycles. The summed E-state index contributed by atoms with van der Waals surface area (Å²) in [6.45, 7) is -0.522. The molecule has 0 saturated carbocycles. The predicted molar refractivity (Wildman–Crippen MR) is 94.1 cm³/mol. The van der Waals surface area contributed by atoms with Crippen LogP contribution >= 0.6 is 12.2 Å². The van der Waals surface area contributed by atoms with E-state index in [1.54, 1.807) is 31.4 Å². The molecule has 1 amide bonds. The van der Waals surface area contributed by atoms with Crippen LogP contribution in [0.3, 0.4) is 0 Å². The zero-order valence-electron chi connectivity index (χ0n) is 13.4. The summed E-state index contributed by atoms with van der Waals surface area (Å²) >= 11 is 4.86. The quantitative estimate of drug-likeness (QED) is 0.603. The summed E-state index contributed by atoms with van der Waals surface area (Å²) in [7, 11) is 1.54. The first kappa shape index (κ1) is 18.6. The largest absolute Gasteiger partial charge is 0.497 e. The van der Waals surface area contributed by atoms with Crippen LogP contribution in [0.1, 0.15) is 0 Å². The van der Waals surface area contributed by atoms with Gasteiger partial charge in [-0.1, -0.05) is 28.8 Å². The summed E-state index contributed by atoms with van der Waals surface area (Å²) in [6, 6.07) is 12.0. The van der Waals surface area contributed by atoms with Crippen LogP contribution in [0.5, 0.6) is 11.5 Å². The monoisotopic (exact) mass is 366 g/mol. The molecule has 5 nitrogen and oxygen atoms in total. The Kier molecular flexibility index (Phi) is 6.64. The SMILES string of the molecule is COc1ccc(OCC(=O)NCC(=S)N(F)c2ccccc2F)cc1. The number of rotatable bonds is 7. The lowest BCUT2D eigenvalue weighted by Gasteiger charge is -2.16. The van der Waals surface area contributed by atoms with Gasteiger partial charge in [-0.15, -0.1) is 0 Å². The lowest BCUT2D eigenvalue weighted by molar-refractivity contribution is -0.122. The average Bonchev–Trinajstić information content (AvgIpc) is 2.64. The Hall–Kier alpha value is -2.74. The Morgan fingerprint density at radius 1 is 1.16 bits per heavy atom. The first-order chi connectivity index (χ1) is 12.0. The summed E-state index contributed by atoms with van der Waals surface area (Å²) in [5.74, 6) is -0.0862. The van der Waals surface area contributed by atoms with E-state index in [4.69, 9.17) is 21.7 Å². The van der Waals surface area contributed by atoms with Gasteiger partial charge >= 0.3 is 0 Å². The van der Waals surface area contributed by atoms with E-state index in [2.05, 4.69) is 5.32 Å². The van der Waals surface area contributed by atoms with E-state index in [-0.39, 0.29) is 28.9 Å². The van der Waals surface area contributed by atoms with Crippen LogP contribution in [0.2, 0.25) is 0 Å². The molecule has 0 spiro atoms. The van der Waals surface area contributed by atoms with Crippen LogP contribution < -0.4 is 19.9 Å². The lowest BCUT2D eigenvalue weighted by Crippen LogP contribution is -2.37. The van der Waals surface area contributed by atoms with Gasteiger partial charge in [0.05, 0.1) is 13.7 Å². The fraction of sp³-hybridized carbons (Fsp3) is 0.176. The number of hydrogen-bond acceptors (Lipinski definition) is 4. The van der Waals surface area contributed by atoms with Crippen molar-refractivity contribution < 1.29 is 23.1 Å². The number of methoxy groups -OCH3 is 1. The van der Waals surface area contributed by atoms with Crippen LogP contribution in [0.4, 0.5) is 14.6 Å². The Balaban J connectivity index is 1.79. The van der Waals surface area contributed by atoms with Crippen molar-refractivity contribution in [2.75, 3.05) is 25.4 Å². The molecule has 0 bridgehead atoms. The summed E-state index contributed by atoms with van der Waals surface area (Å²) < 4.78 is 37.8. The maximum atomic E-state index is 14.0. The molecular weight excluding hydrogens is 350 g/mol. The Labute approximate surface area is 149 Å². The molecule has 0 aliphatic rings. The van der Waals surface area contributed by atoms with Crippen molar-refractivity contribution in [1.82, 2.24) is 5.32 Å². The minimum absolute atomic E-state index is 0.0231. The van der Waals surface area contributed by atoms with Gasteiger partial charge in [0, 0.05) is 0 Å². The number of hydrogen-bond donors (Lipinski definition) is 1. The molecule has 25 heavy (non-hydrogen) atoms. The number of halogens is 2. The molecule has 0 radical (unpaired) electrons. The Bertz CT molecular complexity index is 741. The number of thiocarbonyl (C=S) groups is 1. The number of amides is 1. The number of anilines is 1. The van der Waals surface area contributed by atoms with Crippen molar-refractivity contribution in [2.24, 2.45) is 0 Å². The smallest absolute Gasteiger partial charge is 0.258 e. The van der Waals surface area contributed by atoms with Gasteiger partial charge in [-0.05, 0) is 36.4 Å². The fourth-order valence-corrected chi connectivity index (χ4v) is 2.03. The minimum atomic E-state index is -0.749. The van der Waals surface area contributed by atoms with E-state index in [0.717, 1.165) is 6.07 Å². The van der Waals surface area contributed by atoms with Crippen molar-refractivity contribution in [2.45, 2.75) is 0 Å². The maximum absolute atomic E-state index is 14.0. The number of carbonyl (C=O) groups is 1. The topological polar surface area (TPSA) is 50.8 Å². The number of nitrogens with zero attached hydrogens (tertiary/aromatic N) is 1. The van der Waals surface area contributed by atoms with E-state index in [0.29, 0.717) is 11.5 Å². The molecule has 0 saturated heterocycles. The molecule has 8 heteroatoms. The lowest BCUT2D eigenvalue weighted by atomic mass is 10.3. The van der Waals surface area contributed by atoms with Crippen LogP contribution in [0.15, 0.2) is 48.5 Å². The van der Waals surface area contributed by atoms with Gasteiger partial charge in [0.1, 0.15) is 28.0 Å². The fourth-order valence-electron chi connectivity index (χ4n) is 1.86. The summed E-state index contributed by atoms with van der Waals surface area (Å²) in [5.41, 5.74) is -0.309. The predicted octanol–water partition coefficient (Wildman–Crippen LogP) is 3.05. The number of para-hydroxylation sites is 1. The van der Waals surface area contributed by atoms with E-state index >= 15 is 0 Å². The average molecular weight is 366 g/mol. The maximum Gasteiger partial charge on any atom is 0.258 e. The second kappa shape index (κ2) is 8.93. The van der Waals surface area contributed by atoms with E-state index in [9.17, 15) is 13.7 Å². The zero-order valence-corrected chi connectivity index (χ0v) is 14.2. The van der Waals surface area contributed by atoms with Gasteiger partial charge in [0.25, 0.3) is 5.91 Å². The van der Waals surface area contributed by atoms with Gasteiger partial charge in [-0.2, -0.15) is 5.12 Å². The van der Waals surface area contributed by atoms with Crippen molar-refractivity contribution >= 4 is 28.8 Å². The third kappa shape index (κ3) is 5.39. The highest BCUT2D eigenvalue weighted by Gasteiger charge is 2.16. The summed E-state index contributed by atoms with van der Waals surface area (Å²) in [5, 5.41) is 2.43. The second-order valence-corrected chi connectivity index (χ2v) is 5.34. The summed E-state index contributed by atoms with van der Waals surface area (Å²) in [4.78, 5) is 11.5. The third-order valence-corrected chi connectivity index (χ3v) is 3.45. The molecule has 132 valence electrons. The highest BCUT2D eigenvalue weighted by molar-refractivity contribution is 7.80. The standard InChI is InChI=1S/C17H16F2N2O3S/c1-23-12-6-8-13(9-7-12)24-11-16(22)20-10-17(25)21(19)15-5-3-2-4-14(15)18/h2-9H,10-11H2,1H3,(H,20,22). The molecule has 2 aromatic rings. The Morgan fingerprint density at radius 2 is 1.80 bits per heavy atom. The molecule has 0 unspecified atom stereocenters. The third-order valence-electron chi connectivity index (χ3n) is 3.15. The van der Waals surface area contributed by atoms with Crippen LogP contribution in [-0.2, 0) is 4.79 Å². The number of ether oxygens (including phenoxy) is 2. The van der Waals surface area contributed by atoms with Gasteiger partial charge in [-0.3, -0.25) is 4.79 Å².